The summed E-state index contributed by atoms with van der Waals surface area (Å²) in [7, 11) is 0. The highest BCUT2D eigenvalue weighted by atomic mass is 32.2. The van der Waals surface area contributed by atoms with E-state index in [1.165, 1.54) is 6.92 Å². The lowest BCUT2D eigenvalue weighted by Gasteiger charge is -2.13. The van der Waals surface area contributed by atoms with Gasteiger partial charge in [-0.25, -0.2) is 0 Å². The summed E-state index contributed by atoms with van der Waals surface area (Å²) in [6.45, 7) is 1.51. The first-order chi connectivity index (χ1) is 6.38. The van der Waals surface area contributed by atoms with Gasteiger partial charge in [0.25, 0.3) is 0 Å². The zero-order chi connectivity index (χ0) is 10.8. The molecule has 0 heterocycles. The second-order valence-electron chi connectivity index (χ2n) is 2.88. The van der Waals surface area contributed by atoms with Gasteiger partial charge in [-0.15, -0.1) is 0 Å². The Bertz CT molecular complexity index is 311. The van der Waals surface area contributed by atoms with Crippen molar-refractivity contribution in [1.29, 1.82) is 0 Å². The smallest absolute Gasteiger partial charge is 0.399 e. The van der Waals surface area contributed by atoms with Crippen LogP contribution in [0, 0.1) is 0 Å². The maximum atomic E-state index is 12.0. The Kier molecular flexibility index (Phi) is 3.31. The number of rotatable bonds is 2. The number of nitrogen functional groups attached to an aromatic ring is 1. The molecule has 78 valence electrons. The Labute approximate surface area is 84.5 Å². The lowest BCUT2D eigenvalue weighted by molar-refractivity contribution is -0.0333. The van der Waals surface area contributed by atoms with Crippen molar-refractivity contribution < 1.29 is 13.2 Å². The third-order valence-electron chi connectivity index (χ3n) is 1.69. The highest BCUT2D eigenvalue weighted by molar-refractivity contribution is 8.00. The number of thioether (sulfide) groups is 1. The molecule has 14 heavy (non-hydrogen) atoms. The molecule has 1 unspecified atom stereocenters. The van der Waals surface area contributed by atoms with Crippen molar-refractivity contribution in [3.05, 3.63) is 29.8 Å². The molecule has 0 saturated carbocycles. The van der Waals surface area contributed by atoms with Crippen LogP contribution in [0.4, 0.5) is 18.9 Å². The topological polar surface area (TPSA) is 26.0 Å². The number of hydrogen-bond donors (Lipinski definition) is 1. The van der Waals surface area contributed by atoms with E-state index >= 15 is 0 Å². The first-order valence-electron chi connectivity index (χ1n) is 3.98. The fraction of sp³-hybridized carbons (Fsp3) is 0.333. The Balaban J connectivity index is 2.74. The van der Waals surface area contributed by atoms with E-state index in [1.807, 2.05) is 0 Å². The van der Waals surface area contributed by atoms with Crippen molar-refractivity contribution in [2.45, 2.75) is 17.7 Å². The standard InChI is InChI=1S/C9H10F3NS/c1-6(14-9(10,11)12)7-3-2-4-8(13)5-7/h2-6H,13H2,1H3. The Morgan fingerprint density at radius 2 is 2.00 bits per heavy atom. The summed E-state index contributed by atoms with van der Waals surface area (Å²) in [5.74, 6) is 0. The molecule has 0 fully saturated rings. The summed E-state index contributed by atoms with van der Waals surface area (Å²) in [6.07, 6.45) is 0. The molecule has 2 N–H and O–H groups in total. The van der Waals surface area contributed by atoms with Crippen LogP contribution in [0.15, 0.2) is 24.3 Å². The number of nitrogens with two attached hydrogens (primary N) is 1. The third kappa shape index (κ3) is 3.49. The van der Waals surface area contributed by atoms with Gasteiger partial charge in [0.05, 0.1) is 0 Å². The van der Waals surface area contributed by atoms with Crippen molar-refractivity contribution in [3.8, 4) is 0 Å². The molecule has 0 aliphatic carbocycles. The van der Waals surface area contributed by atoms with E-state index in [1.54, 1.807) is 24.3 Å². The van der Waals surface area contributed by atoms with E-state index in [0.29, 0.717) is 11.3 Å². The first-order valence-corrected chi connectivity index (χ1v) is 4.86. The molecule has 5 heteroatoms. The number of anilines is 1. The van der Waals surface area contributed by atoms with Crippen LogP contribution in [-0.2, 0) is 0 Å². The minimum absolute atomic E-state index is 0.0370. The van der Waals surface area contributed by atoms with Gasteiger partial charge in [-0.2, -0.15) is 13.2 Å². The number of halogens is 3. The van der Waals surface area contributed by atoms with Gasteiger partial charge in [0.1, 0.15) is 0 Å². The van der Waals surface area contributed by atoms with E-state index in [2.05, 4.69) is 0 Å². The van der Waals surface area contributed by atoms with Gasteiger partial charge in [-0.05, 0) is 36.4 Å². The molecule has 0 spiro atoms. The number of alkyl halides is 3. The van der Waals surface area contributed by atoms with Crippen LogP contribution >= 0.6 is 11.8 Å². The van der Waals surface area contributed by atoms with Crippen LogP contribution in [-0.4, -0.2) is 5.51 Å². The Morgan fingerprint density at radius 3 is 2.50 bits per heavy atom. The van der Waals surface area contributed by atoms with Crippen LogP contribution in [0.3, 0.4) is 0 Å². The molecule has 1 rings (SSSR count). The predicted molar refractivity (Wildman–Crippen MR) is 52.9 cm³/mol. The molecule has 0 aliphatic heterocycles. The van der Waals surface area contributed by atoms with E-state index in [9.17, 15) is 13.2 Å². The maximum absolute atomic E-state index is 12.0. The Morgan fingerprint density at radius 1 is 1.36 bits per heavy atom. The molecule has 0 radical (unpaired) electrons. The zero-order valence-electron chi connectivity index (χ0n) is 7.51. The minimum atomic E-state index is -4.20. The van der Waals surface area contributed by atoms with E-state index in [4.69, 9.17) is 5.73 Å². The summed E-state index contributed by atoms with van der Waals surface area (Å²) in [5, 5.41) is -0.626. The quantitative estimate of drug-likeness (QED) is 0.772. The van der Waals surface area contributed by atoms with Crippen molar-refractivity contribution in [2.24, 2.45) is 0 Å². The van der Waals surface area contributed by atoms with Crippen LogP contribution < -0.4 is 5.73 Å². The molecule has 1 nitrogen and oxygen atoms in total. The third-order valence-corrected chi connectivity index (χ3v) is 2.58. The highest BCUT2D eigenvalue weighted by Crippen LogP contribution is 2.41. The summed E-state index contributed by atoms with van der Waals surface area (Å²) in [6, 6.07) is 6.50. The van der Waals surface area contributed by atoms with Gasteiger partial charge in [-0.1, -0.05) is 12.1 Å². The van der Waals surface area contributed by atoms with Gasteiger partial charge in [0.2, 0.25) is 0 Å². The first kappa shape index (κ1) is 11.2. The SMILES string of the molecule is CC(SC(F)(F)F)c1cccc(N)c1. The monoisotopic (exact) mass is 221 g/mol. The second kappa shape index (κ2) is 4.13. The van der Waals surface area contributed by atoms with E-state index in [0.717, 1.165) is 0 Å². The molecule has 0 aliphatic rings. The molecule has 0 bridgehead atoms. The maximum Gasteiger partial charge on any atom is 0.442 e. The van der Waals surface area contributed by atoms with Crippen molar-refractivity contribution in [2.75, 3.05) is 5.73 Å². The van der Waals surface area contributed by atoms with Crippen molar-refractivity contribution in [1.82, 2.24) is 0 Å². The fourth-order valence-corrected chi connectivity index (χ4v) is 1.76. The fourth-order valence-electron chi connectivity index (χ4n) is 1.08. The van der Waals surface area contributed by atoms with Crippen molar-refractivity contribution in [3.63, 3.8) is 0 Å². The normalized spacial score (nSPS) is 14.0. The average molecular weight is 221 g/mol. The lowest BCUT2D eigenvalue weighted by Crippen LogP contribution is -2.04. The molecule has 1 atom stereocenters. The van der Waals surface area contributed by atoms with Gasteiger partial charge in [-0.3, -0.25) is 0 Å². The van der Waals surface area contributed by atoms with Gasteiger partial charge < -0.3 is 5.73 Å². The molecule has 1 aromatic rings. The summed E-state index contributed by atoms with van der Waals surface area (Å²) in [4.78, 5) is 0. The Hall–Kier alpha value is -0.840. The van der Waals surface area contributed by atoms with Crippen LogP contribution in [0.25, 0.3) is 0 Å². The zero-order valence-corrected chi connectivity index (χ0v) is 8.32. The molecular formula is C9H10F3NS. The van der Waals surface area contributed by atoms with Crippen LogP contribution in [0.5, 0.6) is 0 Å². The van der Waals surface area contributed by atoms with E-state index < -0.39 is 10.8 Å². The van der Waals surface area contributed by atoms with Crippen LogP contribution in [0.1, 0.15) is 17.7 Å². The van der Waals surface area contributed by atoms with Gasteiger partial charge in [0.15, 0.2) is 0 Å². The van der Waals surface area contributed by atoms with Gasteiger partial charge in [0, 0.05) is 10.9 Å². The summed E-state index contributed by atoms with van der Waals surface area (Å²) >= 11 is -0.0370. The molecule has 0 aromatic heterocycles. The highest BCUT2D eigenvalue weighted by Gasteiger charge is 2.31. The molecule has 1 aromatic carbocycles. The number of hydrogen-bond acceptors (Lipinski definition) is 2. The predicted octanol–water partition coefficient (Wildman–Crippen LogP) is 3.58. The number of benzene rings is 1. The van der Waals surface area contributed by atoms with Crippen LogP contribution in [0.2, 0.25) is 0 Å². The summed E-state index contributed by atoms with van der Waals surface area (Å²) < 4.78 is 36.1. The molecule has 0 amide bonds. The van der Waals surface area contributed by atoms with Crippen molar-refractivity contribution >= 4 is 17.4 Å². The minimum Gasteiger partial charge on any atom is -0.399 e. The molecule has 0 saturated heterocycles. The lowest BCUT2D eigenvalue weighted by atomic mass is 10.1. The van der Waals surface area contributed by atoms with Gasteiger partial charge >= 0.3 is 5.51 Å². The average Bonchev–Trinajstić information content (AvgIpc) is 2.01. The summed E-state index contributed by atoms with van der Waals surface area (Å²) in [5.41, 5.74) is 2.34. The van der Waals surface area contributed by atoms with E-state index in [-0.39, 0.29) is 11.8 Å². The molecular weight excluding hydrogens is 211 g/mol. The second-order valence-corrected chi connectivity index (χ2v) is 4.28. The largest absolute Gasteiger partial charge is 0.442 e.